The van der Waals surface area contributed by atoms with Crippen LogP contribution in [-0.2, 0) is 11.3 Å². The highest BCUT2D eigenvalue weighted by molar-refractivity contribution is 5.76. The first kappa shape index (κ1) is 15.9. The Labute approximate surface area is 121 Å². The average molecular weight is 319 g/mol. The molecule has 0 unspecified atom stereocenters. The molecular formula is C13H10F5N3O. The van der Waals surface area contributed by atoms with Crippen LogP contribution in [0.4, 0.5) is 22.0 Å². The van der Waals surface area contributed by atoms with E-state index in [2.05, 4.69) is 4.98 Å². The standard InChI is InChI=1S/C13H10F5N3O/c14-8-2-1-3-9(15)11(8)12(13(16,17)18)20-10(22)6-21-5-4-19-7-21/h1-5,7,12H,6H2,(H,20,22)/t12-/m0/s1. The first-order chi connectivity index (χ1) is 10.3. The molecule has 1 amide bonds. The summed E-state index contributed by atoms with van der Waals surface area (Å²) >= 11 is 0. The van der Waals surface area contributed by atoms with Crippen molar-refractivity contribution in [2.45, 2.75) is 18.8 Å². The first-order valence-corrected chi connectivity index (χ1v) is 6.04. The summed E-state index contributed by atoms with van der Waals surface area (Å²) in [6.07, 6.45) is -1.11. The van der Waals surface area contributed by atoms with Crippen molar-refractivity contribution >= 4 is 5.91 Å². The Bertz CT molecular complexity index is 634. The largest absolute Gasteiger partial charge is 0.413 e. The highest BCUT2D eigenvalue weighted by Gasteiger charge is 2.44. The molecule has 2 aromatic rings. The Morgan fingerprint density at radius 3 is 2.41 bits per heavy atom. The summed E-state index contributed by atoms with van der Waals surface area (Å²) < 4.78 is 67.4. The minimum atomic E-state index is -5.05. The van der Waals surface area contributed by atoms with Gasteiger partial charge in [0, 0.05) is 12.4 Å². The van der Waals surface area contributed by atoms with E-state index in [1.807, 2.05) is 0 Å². The summed E-state index contributed by atoms with van der Waals surface area (Å²) in [6, 6.07) is -0.447. The zero-order chi connectivity index (χ0) is 16.3. The van der Waals surface area contributed by atoms with E-state index in [0.29, 0.717) is 12.1 Å². The van der Waals surface area contributed by atoms with Gasteiger partial charge in [-0.15, -0.1) is 0 Å². The van der Waals surface area contributed by atoms with Crippen LogP contribution in [0.1, 0.15) is 11.6 Å². The van der Waals surface area contributed by atoms with Gasteiger partial charge in [0.15, 0.2) is 6.04 Å². The number of hydrogen-bond acceptors (Lipinski definition) is 2. The third kappa shape index (κ3) is 3.60. The molecule has 1 N–H and O–H groups in total. The summed E-state index contributed by atoms with van der Waals surface area (Å²) in [5, 5.41) is 1.60. The third-order valence-corrected chi connectivity index (χ3v) is 2.81. The number of benzene rings is 1. The lowest BCUT2D eigenvalue weighted by atomic mass is 10.0. The number of halogens is 5. The summed E-state index contributed by atoms with van der Waals surface area (Å²) in [5.41, 5.74) is -1.24. The number of aromatic nitrogens is 2. The molecule has 0 aliphatic rings. The van der Waals surface area contributed by atoms with Gasteiger partial charge in [0.1, 0.15) is 18.2 Å². The summed E-state index contributed by atoms with van der Waals surface area (Å²) in [6.45, 7) is -0.456. The van der Waals surface area contributed by atoms with Gasteiger partial charge in [-0.2, -0.15) is 13.2 Å². The molecule has 0 saturated heterocycles. The highest BCUT2D eigenvalue weighted by Crippen LogP contribution is 2.35. The van der Waals surface area contributed by atoms with Crippen LogP contribution in [0.25, 0.3) is 0 Å². The minimum Gasteiger partial charge on any atom is -0.339 e. The second-order valence-electron chi connectivity index (χ2n) is 4.41. The molecule has 0 radical (unpaired) electrons. The monoisotopic (exact) mass is 319 g/mol. The van der Waals surface area contributed by atoms with Crippen molar-refractivity contribution in [1.29, 1.82) is 0 Å². The third-order valence-electron chi connectivity index (χ3n) is 2.81. The van der Waals surface area contributed by atoms with Gasteiger partial charge in [-0.25, -0.2) is 13.8 Å². The number of hydrogen-bond donors (Lipinski definition) is 1. The SMILES string of the molecule is O=C(Cn1ccnc1)N[C@@H](c1c(F)cccc1F)C(F)(F)F. The molecule has 9 heteroatoms. The maximum Gasteiger partial charge on any atom is 0.413 e. The van der Waals surface area contributed by atoms with E-state index in [-0.39, 0.29) is 0 Å². The van der Waals surface area contributed by atoms with Crippen molar-refractivity contribution in [2.24, 2.45) is 0 Å². The Hall–Kier alpha value is -2.45. The molecule has 1 aromatic heterocycles. The molecule has 1 heterocycles. The van der Waals surface area contributed by atoms with Crippen LogP contribution in [0, 0.1) is 11.6 Å². The van der Waals surface area contributed by atoms with Crippen LogP contribution in [0.2, 0.25) is 0 Å². The summed E-state index contributed by atoms with van der Waals surface area (Å²) in [7, 11) is 0. The predicted molar refractivity (Wildman–Crippen MR) is 65.5 cm³/mol. The lowest BCUT2D eigenvalue weighted by Gasteiger charge is -2.23. The maximum atomic E-state index is 13.6. The van der Waals surface area contributed by atoms with Crippen molar-refractivity contribution in [3.05, 3.63) is 54.1 Å². The normalized spacial score (nSPS) is 13.0. The van der Waals surface area contributed by atoms with Crippen LogP contribution in [0.15, 0.2) is 36.9 Å². The smallest absolute Gasteiger partial charge is 0.339 e. The number of nitrogens with zero attached hydrogens (tertiary/aromatic N) is 2. The molecule has 118 valence electrons. The van der Waals surface area contributed by atoms with Gasteiger partial charge < -0.3 is 9.88 Å². The molecule has 0 spiro atoms. The molecule has 0 aliphatic heterocycles. The Kier molecular flexibility index (Phi) is 4.43. The molecule has 0 saturated carbocycles. The van der Waals surface area contributed by atoms with Crippen LogP contribution >= 0.6 is 0 Å². The summed E-state index contributed by atoms with van der Waals surface area (Å²) in [4.78, 5) is 15.3. The maximum absolute atomic E-state index is 13.6. The van der Waals surface area contributed by atoms with Crippen LogP contribution in [0.3, 0.4) is 0 Å². The molecular weight excluding hydrogens is 309 g/mol. The zero-order valence-electron chi connectivity index (χ0n) is 10.9. The van der Waals surface area contributed by atoms with Crippen molar-refractivity contribution in [3.63, 3.8) is 0 Å². The molecule has 0 aliphatic carbocycles. The van der Waals surface area contributed by atoms with Gasteiger partial charge in [0.05, 0.1) is 11.9 Å². The molecule has 1 atom stereocenters. The first-order valence-electron chi connectivity index (χ1n) is 6.04. The molecule has 0 fully saturated rings. The average Bonchev–Trinajstić information content (AvgIpc) is 2.89. The number of alkyl halides is 3. The Morgan fingerprint density at radius 2 is 1.91 bits per heavy atom. The highest BCUT2D eigenvalue weighted by atomic mass is 19.4. The van der Waals surface area contributed by atoms with E-state index in [0.717, 1.165) is 6.07 Å². The number of carbonyl (C=O) groups excluding carboxylic acids is 1. The molecule has 4 nitrogen and oxygen atoms in total. The second-order valence-corrected chi connectivity index (χ2v) is 4.41. The van der Waals surface area contributed by atoms with Crippen molar-refractivity contribution < 1.29 is 26.7 Å². The van der Waals surface area contributed by atoms with Gasteiger partial charge in [0.25, 0.3) is 0 Å². The number of carbonyl (C=O) groups is 1. The minimum absolute atomic E-state index is 0.456. The van der Waals surface area contributed by atoms with Gasteiger partial charge in [0.2, 0.25) is 5.91 Å². The fourth-order valence-electron chi connectivity index (χ4n) is 1.86. The van der Waals surface area contributed by atoms with Crippen molar-refractivity contribution in [1.82, 2.24) is 14.9 Å². The zero-order valence-corrected chi connectivity index (χ0v) is 10.9. The second kappa shape index (κ2) is 6.12. The van der Waals surface area contributed by atoms with Crippen LogP contribution in [-0.4, -0.2) is 21.6 Å². The van der Waals surface area contributed by atoms with E-state index in [4.69, 9.17) is 0 Å². The Morgan fingerprint density at radius 1 is 1.27 bits per heavy atom. The van der Waals surface area contributed by atoms with Crippen molar-refractivity contribution in [3.8, 4) is 0 Å². The van der Waals surface area contributed by atoms with E-state index in [1.54, 1.807) is 5.32 Å². The molecule has 22 heavy (non-hydrogen) atoms. The lowest BCUT2D eigenvalue weighted by molar-refractivity contribution is -0.164. The fourth-order valence-corrected chi connectivity index (χ4v) is 1.86. The Balaban J connectivity index is 2.26. The summed E-state index contributed by atoms with van der Waals surface area (Å²) in [5.74, 6) is -3.82. The molecule has 0 bridgehead atoms. The van der Waals surface area contributed by atoms with E-state index < -0.39 is 41.9 Å². The van der Waals surface area contributed by atoms with Gasteiger partial charge >= 0.3 is 6.18 Å². The van der Waals surface area contributed by atoms with Gasteiger partial charge in [-0.1, -0.05) is 6.07 Å². The number of rotatable bonds is 4. The van der Waals surface area contributed by atoms with Crippen LogP contribution in [0.5, 0.6) is 0 Å². The number of nitrogens with one attached hydrogen (secondary N) is 1. The van der Waals surface area contributed by atoms with Crippen LogP contribution < -0.4 is 5.32 Å². The van der Waals surface area contributed by atoms with E-state index >= 15 is 0 Å². The number of amides is 1. The lowest BCUT2D eigenvalue weighted by Crippen LogP contribution is -2.40. The predicted octanol–water partition coefficient (Wildman–Crippen LogP) is 2.58. The topological polar surface area (TPSA) is 46.9 Å². The fraction of sp³-hybridized carbons (Fsp3) is 0.231. The van der Waals surface area contributed by atoms with Gasteiger partial charge in [-0.3, -0.25) is 4.79 Å². The molecule has 2 rings (SSSR count). The number of imidazole rings is 1. The van der Waals surface area contributed by atoms with E-state index in [1.165, 1.54) is 23.3 Å². The van der Waals surface area contributed by atoms with Gasteiger partial charge in [-0.05, 0) is 12.1 Å². The van der Waals surface area contributed by atoms with Crippen molar-refractivity contribution in [2.75, 3.05) is 0 Å². The molecule has 1 aromatic carbocycles. The van der Waals surface area contributed by atoms with E-state index in [9.17, 15) is 26.7 Å². The quantitative estimate of drug-likeness (QED) is 0.881.